The summed E-state index contributed by atoms with van der Waals surface area (Å²) in [5.41, 5.74) is 2.28. The first kappa shape index (κ1) is 32.3. The van der Waals surface area contributed by atoms with Crippen LogP contribution >= 0.6 is 0 Å². The van der Waals surface area contributed by atoms with Crippen LogP contribution in [0.5, 0.6) is 11.5 Å². The summed E-state index contributed by atoms with van der Waals surface area (Å²) in [6.07, 6.45) is 2.46. The molecule has 0 aliphatic carbocycles. The molecule has 46 heavy (non-hydrogen) atoms. The predicted molar refractivity (Wildman–Crippen MR) is 168 cm³/mol. The molecule has 0 bridgehead atoms. The lowest BCUT2D eigenvalue weighted by molar-refractivity contribution is -0.117. The van der Waals surface area contributed by atoms with E-state index in [9.17, 15) is 23.2 Å². The van der Waals surface area contributed by atoms with Gasteiger partial charge in [0.25, 0.3) is 5.91 Å². The molecule has 1 N–H and O–H groups in total. The Morgan fingerprint density at radius 2 is 1.54 bits per heavy atom. The zero-order valence-electron chi connectivity index (χ0n) is 26.2. The number of aromatic amines is 1. The van der Waals surface area contributed by atoms with Gasteiger partial charge in [0.05, 0.1) is 17.0 Å². The van der Waals surface area contributed by atoms with Crippen LogP contribution in [0.4, 0.5) is 13.6 Å². The number of aromatic nitrogens is 2. The van der Waals surface area contributed by atoms with Crippen LogP contribution in [0.25, 0.3) is 11.4 Å². The number of halogens is 2. The van der Waals surface area contributed by atoms with Crippen molar-refractivity contribution in [2.45, 2.75) is 46.1 Å². The van der Waals surface area contributed by atoms with Gasteiger partial charge >= 0.3 is 6.09 Å². The molecule has 9 nitrogen and oxygen atoms in total. The summed E-state index contributed by atoms with van der Waals surface area (Å²) in [4.78, 5) is 48.8. The van der Waals surface area contributed by atoms with Crippen molar-refractivity contribution in [3.63, 3.8) is 0 Å². The van der Waals surface area contributed by atoms with E-state index in [-0.39, 0.29) is 41.4 Å². The lowest BCUT2D eigenvalue weighted by Crippen LogP contribution is -2.51. The first-order chi connectivity index (χ1) is 21.8. The molecule has 2 aromatic carbocycles. The summed E-state index contributed by atoms with van der Waals surface area (Å²) in [6, 6.07) is 13.8. The number of piperazine rings is 1. The third-order valence-corrected chi connectivity index (χ3v) is 7.39. The Morgan fingerprint density at radius 3 is 2.26 bits per heavy atom. The first-order valence-electron chi connectivity index (χ1n) is 15.0. The Labute approximate surface area is 266 Å². The van der Waals surface area contributed by atoms with Crippen molar-refractivity contribution in [2.24, 2.45) is 0 Å². The maximum Gasteiger partial charge on any atom is 0.410 e. The van der Waals surface area contributed by atoms with E-state index in [1.165, 1.54) is 24.4 Å². The number of aryl methyl sites for hydroxylation is 1. The molecule has 1 aliphatic rings. The van der Waals surface area contributed by atoms with Crippen LogP contribution < -0.4 is 4.74 Å². The third kappa shape index (κ3) is 8.15. The molecule has 11 heteroatoms. The number of nitrogens with zero attached hydrogens (tertiary/aromatic N) is 3. The maximum atomic E-state index is 14.9. The summed E-state index contributed by atoms with van der Waals surface area (Å²) >= 11 is 0. The molecule has 1 saturated heterocycles. The molecule has 0 radical (unpaired) electrons. The molecule has 0 atom stereocenters. The number of ketones is 1. The van der Waals surface area contributed by atoms with Gasteiger partial charge in [-0.15, -0.1) is 0 Å². The van der Waals surface area contributed by atoms with E-state index in [2.05, 4.69) is 9.97 Å². The van der Waals surface area contributed by atoms with Gasteiger partial charge in [-0.3, -0.25) is 14.6 Å². The van der Waals surface area contributed by atoms with Crippen molar-refractivity contribution in [1.82, 2.24) is 19.8 Å². The van der Waals surface area contributed by atoms with Crippen molar-refractivity contribution < 1.29 is 32.6 Å². The first-order valence-corrected chi connectivity index (χ1v) is 15.0. The number of pyridine rings is 1. The number of nitrogens with one attached hydrogen (secondary N) is 1. The van der Waals surface area contributed by atoms with E-state index in [4.69, 9.17) is 9.47 Å². The molecule has 5 rings (SSSR count). The molecule has 4 aromatic rings. The molecule has 2 aromatic heterocycles. The molecule has 1 aliphatic heterocycles. The van der Waals surface area contributed by atoms with Gasteiger partial charge in [0.2, 0.25) is 0 Å². The summed E-state index contributed by atoms with van der Waals surface area (Å²) in [6.45, 7) is 8.78. The van der Waals surface area contributed by atoms with Gasteiger partial charge in [0.1, 0.15) is 34.5 Å². The molecular weight excluding hydrogens is 594 g/mol. The Bertz CT molecular complexity index is 1760. The van der Waals surface area contributed by atoms with E-state index in [1.807, 2.05) is 27.7 Å². The highest BCUT2D eigenvalue weighted by Gasteiger charge is 2.28. The van der Waals surface area contributed by atoms with E-state index in [0.29, 0.717) is 48.9 Å². The van der Waals surface area contributed by atoms with Crippen LogP contribution in [-0.2, 0) is 22.4 Å². The quantitative estimate of drug-likeness (QED) is 0.238. The largest absolute Gasteiger partial charge is 0.457 e. The molecule has 0 spiro atoms. The van der Waals surface area contributed by atoms with E-state index < -0.39 is 23.3 Å². The number of hydrogen-bond acceptors (Lipinski definition) is 6. The predicted octanol–water partition coefficient (Wildman–Crippen LogP) is 6.50. The van der Waals surface area contributed by atoms with Gasteiger partial charge in [0, 0.05) is 63.5 Å². The number of H-pyrrole nitrogens is 1. The second-order valence-electron chi connectivity index (χ2n) is 12.3. The Morgan fingerprint density at radius 1 is 0.848 bits per heavy atom. The minimum absolute atomic E-state index is 0.123. The zero-order chi connectivity index (χ0) is 33.0. The SMILES string of the molecule is Cc1ccc(F)c(CC(=O)Cc2ccc(Oc3ccnc(-c4cc(C(=O)N5CCN(C(=O)OC(C)(C)C)CC5)c[nH]4)c3)cc2F)c1. The normalized spacial score (nSPS) is 13.4. The Balaban J connectivity index is 1.18. The molecule has 3 heterocycles. The van der Waals surface area contributed by atoms with Crippen LogP contribution in [0.2, 0.25) is 0 Å². The Hall–Kier alpha value is -5.06. The molecule has 1 fully saturated rings. The lowest BCUT2D eigenvalue weighted by Gasteiger charge is -2.35. The maximum absolute atomic E-state index is 14.9. The number of rotatable bonds is 8. The third-order valence-electron chi connectivity index (χ3n) is 7.39. The fraction of sp³-hybridized carbons (Fsp3) is 0.314. The number of carbonyl (C=O) groups excluding carboxylic acids is 3. The molecular formula is C35H36F2N4O5. The number of Topliss-reactive ketones (excluding diaryl/α,β-unsaturated/α-hetero) is 1. The summed E-state index contributed by atoms with van der Waals surface area (Å²) < 4.78 is 40.3. The number of hydrogen-bond donors (Lipinski definition) is 1. The standard InChI is InChI=1S/C35H36F2N4O5/c1-22-5-8-29(36)24(15-22)17-26(42)16-23-6-7-27(19-30(23)37)45-28-9-10-38-32(20-28)31-18-25(21-39-31)33(43)40-11-13-41(14-12-40)34(44)46-35(2,3)4/h5-10,15,18-21,39H,11-14,16-17H2,1-4H3. The van der Waals surface area contributed by atoms with Gasteiger partial charge in [0.15, 0.2) is 0 Å². The van der Waals surface area contributed by atoms with Gasteiger partial charge in [-0.25, -0.2) is 13.6 Å². The number of ether oxygens (including phenoxy) is 2. The lowest BCUT2D eigenvalue weighted by atomic mass is 10.0. The van der Waals surface area contributed by atoms with Crippen LogP contribution in [-0.4, -0.2) is 69.3 Å². The van der Waals surface area contributed by atoms with Crippen LogP contribution in [0.15, 0.2) is 67.0 Å². The second-order valence-corrected chi connectivity index (χ2v) is 12.3. The van der Waals surface area contributed by atoms with Gasteiger partial charge in [-0.2, -0.15) is 0 Å². The number of benzene rings is 2. The van der Waals surface area contributed by atoms with Gasteiger partial charge in [-0.1, -0.05) is 23.8 Å². The highest BCUT2D eigenvalue weighted by atomic mass is 19.1. The summed E-state index contributed by atoms with van der Waals surface area (Å²) in [5, 5.41) is 0. The van der Waals surface area contributed by atoms with Crippen molar-refractivity contribution in [3.05, 3.63) is 101 Å². The molecule has 2 amide bonds. The van der Waals surface area contributed by atoms with E-state index in [0.717, 1.165) is 5.56 Å². The number of amides is 2. The highest BCUT2D eigenvalue weighted by molar-refractivity contribution is 5.95. The monoisotopic (exact) mass is 630 g/mol. The van der Waals surface area contributed by atoms with Crippen molar-refractivity contribution >= 4 is 17.8 Å². The summed E-state index contributed by atoms with van der Waals surface area (Å²) in [5.74, 6) is -0.923. The van der Waals surface area contributed by atoms with E-state index in [1.54, 1.807) is 52.4 Å². The van der Waals surface area contributed by atoms with Gasteiger partial charge < -0.3 is 24.3 Å². The summed E-state index contributed by atoms with van der Waals surface area (Å²) in [7, 11) is 0. The van der Waals surface area contributed by atoms with Crippen molar-refractivity contribution in [2.75, 3.05) is 26.2 Å². The van der Waals surface area contributed by atoms with Crippen LogP contribution in [0.1, 0.15) is 47.8 Å². The minimum Gasteiger partial charge on any atom is -0.457 e. The average molecular weight is 631 g/mol. The average Bonchev–Trinajstić information content (AvgIpc) is 3.50. The van der Waals surface area contributed by atoms with Crippen molar-refractivity contribution in [1.29, 1.82) is 0 Å². The minimum atomic E-state index is -0.607. The molecule has 240 valence electrons. The number of carbonyl (C=O) groups is 3. The van der Waals surface area contributed by atoms with Crippen molar-refractivity contribution in [3.8, 4) is 22.9 Å². The van der Waals surface area contributed by atoms with Crippen LogP contribution in [0.3, 0.4) is 0 Å². The second kappa shape index (κ2) is 13.5. The van der Waals surface area contributed by atoms with Crippen LogP contribution in [0, 0.1) is 18.6 Å². The zero-order valence-corrected chi connectivity index (χ0v) is 26.2. The fourth-order valence-corrected chi connectivity index (χ4v) is 5.09. The smallest absolute Gasteiger partial charge is 0.410 e. The highest BCUT2D eigenvalue weighted by Crippen LogP contribution is 2.28. The fourth-order valence-electron chi connectivity index (χ4n) is 5.09. The topological polar surface area (TPSA) is 105 Å². The van der Waals surface area contributed by atoms with E-state index >= 15 is 0 Å². The molecule has 0 saturated carbocycles. The molecule has 0 unspecified atom stereocenters. The Kier molecular flexibility index (Phi) is 9.50. The van der Waals surface area contributed by atoms with Gasteiger partial charge in [-0.05, 0) is 63.1 Å².